The SMILES string of the molecule is Cc1ccccc1CN1CCC(N2CCC(C(=O)N3C[C@H]4CC[C@H]3C4)CC2)CC1. The van der Waals surface area contributed by atoms with Crippen LogP contribution < -0.4 is 0 Å². The van der Waals surface area contributed by atoms with Crippen LogP contribution in [0.2, 0.25) is 0 Å². The molecule has 1 saturated carbocycles. The lowest BCUT2D eigenvalue weighted by atomic mass is 9.91. The predicted octanol–water partition coefficient (Wildman–Crippen LogP) is 3.68. The zero-order valence-corrected chi connectivity index (χ0v) is 18.1. The molecule has 4 aliphatic rings. The molecule has 0 radical (unpaired) electrons. The highest BCUT2D eigenvalue weighted by molar-refractivity contribution is 5.79. The van der Waals surface area contributed by atoms with Crippen LogP contribution in [-0.4, -0.2) is 65.4 Å². The molecule has 4 heteroatoms. The fraction of sp³-hybridized carbons (Fsp3) is 0.720. The molecule has 2 bridgehead atoms. The van der Waals surface area contributed by atoms with Crippen molar-refractivity contribution in [3.8, 4) is 0 Å². The van der Waals surface area contributed by atoms with Gasteiger partial charge in [0, 0.05) is 31.1 Å². The van der Waals surface area contributed by atoms with Gasteiger partial charge in [-0.25, -0.2) is 0 Å². The number of fused-ring (bicyclic) bond motifs is 2. The van der Waals surface area contributed by atoms with Crippen molar-refractivity contribution in [3.05, 3.63) is 35.4 Å². The summed E-state index contributed by atoms with van der Waals surface area (Å²) < 4.78 is 0. The van der Waals surface area contributed by atoms with E-state index in [0.717, 1.165) is 51.0 Å². The number of carbonyl (C=O) groups excluding carboxylic acids is 1. The molecular formula is C25H37N3O. The van der Waals surface area contributed by atoms with Crippen LogP contribution in [0.15, 0.2) is 24.3 Å². The number of hydrogen-bond acceptors (Lipinski definition) is 3. The summed E-state index contributed by atoms with van der Waals surface area (Å²) in [4.78, 5) is 20.6. The molecule has 5 rings (SSSR count). The van der Waals surface area contributed by atoms with Crippen LogP contribution in [0.3, 0.4) is 0 Å². The first-order chi connectivity index (χ1) is 14.2. The van der Waals surface area contributed by atoms with Crippen LogP contribution in [0.4, 0.5) is 0 Å². The average molecular weight is 396 g/mol. The second-order valence-corrected chi connectivity index (χ2v) is 10.1. The van der Waals surface area contributed by atoms with Crippen LogP contribution in [0.25, 0.3) is 0 Å². The second kappa shape index (κ2) is 8.39. The Morgan fingerprint density at radius 3 is 2.34 bits per heavy atom. The third kappa shape index (κ3) is 4.11. The van der Waals surface area contributed by atoms with Crippen molar-refractivity contribution in [2.45, 2.75) is 70.5 Å². The fourth-order valence-electron chi connectivity index (χ4n) is 6.41. The van der Waals surface area contributed by atoms with Crippen molar-refractivity contribution in [1.29, 1.82) is 0 Å². The zero-order valence-electron chi connectivity index (χ0n) is 18.1. The van der Waals surface area contributed by atoms with Gasteiger partial charge in [-0.3, -0.25) is 9.69 Å². The minimum Gasteiger partial charge on any atom is -0.339 e. The zero-order chi connectivity index (χ0) is 19.8. The van der Waals surface area contributed by atoms with E-state index in [4.69, 9.17) is 0 Å². The maximum Gasteiger partial charge on any atom is 0.226 e. The second-order valence-electron chi connectivity index (χ2n) is 10.1. The number of likely N-dealkylation sites (tertiary alicyclic amines) is 3. The Morgan fingerprint density at radius 2 is 1.69 bits per heavy atom. The van der Waals surface area contributed by atoms with Crippen LogP contribution in [-0.2, 0) is 11.3 Å². The lowest BCUT2D eigenvalue weighted by Gasteiger charge is -2.42. The molecule has 1 aromatic rings. The normalized spacial score (nSPS) is 29.6. The standard InChI is InChI=1S/C25H37N3O/c1-19-4-2-3-5-22(19)18-26-12-10-23(11-13-26)27-14-8-21(9-15-27)25(29)28-17-20-6-7-24(28)16-20/h2-5,20-21,23-24H,6-18H2,1H3/t20-,24-/m0/s1. The van der Waals surface area contributed by atoms with Crippen molar-refractivity contribution in [1.82, 2.24) is 14.7 Å². The van der Waals surface area contributed by atoms with Gasteiger partial charge in [-0.15, -0.1) is 0 Å². The molecule has 29 heavy (non-hydrogen) atoms. The van der Waals surface area contributed by atoms with Gasteiger partial charge in [0.05, 0.1) is 0 Å². The number of carbonyl (C=O) groups is 1. The Hall–Kier alpha value is -1.39. The summed E-state index contributed by atoms with van der Waals surface area (Å²) in [5, 5.41) is 0. The largest absolute Gasteiger partial charge is 0.339 e. The summed E-state index contributed by atoms with van der Waals surface area (Å²) in [6, 6.07) is 10.1. The Labute approximate surface area is 176 Å². The van der Waals surface area contributed by atoms with Crippen molar-refractivity contribution in [2.75, 3.05) is 32.7 Å². The van der Waals surface area contributed by atoms with Crippen LogP contribution in [0.1, 0.15) is 56.1 Å². The molecule has 4 nitrogen and oxygen atoms in total. The smallest absolute Gasteiger partial charge is 0.226 e. The van der Waals surface area contributed by atoms with E-state index in [1.54, 1.807) is 0 Å². The van der Waals surface area contributed by atoms with E-state index in [0.29, 0.717) is 17.9 Å². The number of benzene rings is 1. The van der Waals surface area contributed by atoms with E-state index in [1.165, 1.54) is 56.3 Å². The number of amides is 1. The third-order valence-electron chi connectivity index (χ3n) is 8.30. The maximum atomic E-state index is 13.0. The van der Waals surface area contributed by atoms with E-state index in [2.05, 4.69) is 45.9 Å². The Bertz CT molecular complexity index is 719. The monoisotopic (exact) mass is 395 g/mol. The highest BCUT2D eigenvalue weighted by Crippen LogP contribution is 2.39. The fourth-order valence-corrected chi connectivity index (χ4v) is 6.41. The van der Waals surface area contributed by atoms with E-state index in [9.17, 15) is 4.79 Å². The van der Waals surface area contributed by atoms with Gasteiger partial charge in [0.2, 0.25) is 5.91 Å². The molecule has 3 aliphatic heterocycles. The minimum absolute atomic E-state index is 0.298. The highest BCUT2D eigenvalue weighted by Gasteiger charge is 2.42. The summed E-state index contributed by atoms with van der Waals surface area (Å²) in [6.07, 6.45) is 8.62. The highest BCUT2D eigenvalue weighted by atomic mass is 16.2. The van der Waals surface area contributed by atoms with E-state index < -0.39 is 0 Å². The number of piperidine rings is 3. The van der Waals surface area contributed by atoms with E-state index >= 15 is 0 Å². The topological polar surface area (TPSA) is 26.8 Å². The molecule has 1 aromatic carbocycles. The van der Waals surface area contributed by atoms with Gasteiger partial charge in [0.15, 0.2) is 0 Å². The first-order valence-corrected chi connectivity index (χ1v) is 12.0. The Kier molecular flexibility index (Phi) is 5.66. The lowest BCUT2D eigenvalue weighted by molar-refractivity contribution is -0.139. The molecule has 3 saturated heterocycles. The molecule has 1 amide bonds. The molecular weight excluding hydrogens is 358 g/mol. The minimum atomic E-state index is 0.298. The molecule has 4 fully saturated rings. The van der Waals surface area contributed by atoms with E-state index in [-0.39, 0.29) is 0 Å². The molecule has 158 valence electrons. The summed E-state index contributed by atoms with van der Waals surface area (Å²) in [5.41, 5.74) is 2.88. The number of aryl methyl sites for hydroxylation is 1. The molecule has 1 aliphatic carbocycles. The van der Waals surface area contributed by atoms with E-state index in [1.807, 2.05) is 0 Å². The first-order valence-electron chi connectivity index (χ1n) is 12.0. The molecule has 0 aromatic heterocycles. The Morgan fingerprint density at radius 1 is 0.931 bits per heavy atom. The van der Waals surface area contributed by atoms with Gasteiger partial charge in [-0.1, -0.05) is 24.3 Å². The molecule has 2 atom stereocenters. The molecule has 3 heterocycles. The lowest BCUT2D eigenvalue weighted by Crippen LogP contribution is -2.50. The molecule has 0 spiro atoms. The van der Waals surface area contributed by atoms with Crippen molar-refractivity contribution < 1.29 is 4.79 Å². The average Bonchev–Trinajstić information content (AvgIpc) is 3.39. The van der Waals surface area contributed by atoms with Crippen molar-refractivity contribution in [3.63, 3.8) is 0 Å². The van der Waals surface area contributed by atoms with Crippen LogP contribution >= 0.6 is 0 Å². The summed E-state index contributed by atoms with van der Waals surface area (Å²) in [5.74, 6) is 1.60. The first kappa shape index (κ1) is 19.6. The van der Waals surface area contributed by atoms with Gasteiger partial charge < -0.3 is 9.80 Å². The van der Waals surface area contributed by atoms with Crippen molar-refractivity contribution in [2.24, 2.45) is 11.8 Å². The summed E-state index contributed by atoms with van der Waals surface area (Å²) in [6.45, 7) is 9.03. The third-order valence-corrected chi connectivity index (χ3v) is 8.30. The van der Waals surface area contributed by atoms with Gasteiger partial charge >= 0.3 is 0 Å². The quantitative estimate of drug-likeness (QED) is 0.778. The predicted molar refractivity (Wildman–Crippen MR) is 117 cm³/mol. The van der Waals surface area contributed by atoms with Gasteiger partial charge in [-0.05, 0) is 95.1 Å². The molecule has 0 unspecified atom stereocenters. The van der Waals surface area contributed by atoms with Gasteiger partial charge in [-0.2, -0.15) is 0 Å². The van der Waals surface area contributed by atoms with Crippen molar-refractivity contribution >= 4 is 5.91 Å². The number of hydrogen-bond donors (Lipinski definition) is 0. The summed E-state index contributed by atoms with van der Waals surface area (Å²) in [7, 11) is 0. The maximum absolute atomic E-state index is 13.0. The number of rotatable bonds is 4. The number of nitrogens with zero attached hydrogens (tertiary/aromatic N) is 3. The Balaban J connectivity index is 1.07. The van der Waals surface area contributed by atoms with Gasteiger partial charge in [0.25, 0.3) is 0 Å². The van der Waals surface area contributed by atoms with Gasteiger partial charge in [0.1, 0.15) is 0 Å². The summed E-state index contributed by atoms with van der Waals surface area (Å²) >= 11 is 0. The molecule has 0 N–H and O–H groups in total. The van der Waals surface area contributed by atoms with Crippen LogP contribution in [0, 0.1) is 18.8 Å². The van der Waals surface area contributed by atoms with Crippen LogP contribution in [0.5, 0.6) is 0 Å².